The van der Waals surface area contributed by atoms with Crippen LogP contribution in [0.2, 0.25) is 0 Å². The predicted octanol–water partition coefficient (Wildman–Crippen LogP) is 3.69. The zero-order chi connectivity index (χ0) is 15.5. The third kappa shape index (κ3) is 2.65. The van der Waals surface area contributed by atoms with Crippen LogP contribution in [-0.2, 0) is 0 Å². The summed E-state index contributed by atoms with van der Waals surface area (Å²) in [7, 11) is 0. The topological polar surface area (TPSA) is 74.2 Å². The van der Waals surface area contributed by atoms with Crippen molar-refractivity contribution in [3.8, 4) is 28.6 Å². The van der Waals surface area contributed by atoms with Gasteiger partial charge in [0.2, 0.25) is 5.82 Å². The van der Waals surface area contributed by atoms with Gasteiger partial charge in [0, 0.05) is 16.8 Å². The number of benzene rings is 2. The van der Waals surface area contributed by atoms with Crippen LogP contribution in [0, 0.1) is 6.92 Å². The molecule has 0 atom stereocenters. The second-order valence-corrected chi connectivity index (χ2v) is 4.90. The third-order valence-electron chi connectivity index (χ3n) is 3.45. The van der Waals surface area contributed by atoms with Crippen molar-refractivity contribution in [2.75, 3.05) is 12.3 Å². The quantitative estimate of drug-likeness (QED) is 0.743. The molecule has 0 fully saturated rings. The van der Waals surface area contributed by atoms with Crippen LogP contribution in [-0.4, -0.2) is 16.7 Å². The van der Waals surface area contributed by atoms with Crippen molar-refractivity contribution in [1.82, 2.24) is 10.1 Å². The minimum atomic E-state index is 0.472. The van der Waals surface area contributed by atoms with E-state index in [4.69, 9.17) is 15.0 Å². The fraction of sp³-hybridized carbons (Fsp3) is 0.176. The lowest BCUT2D eigenvalue weighted by atomic mass is 10.1. The molecular formula is C17H17N3O2. The Kier molecular flexibility index (Phi) is 3.78. The van der Waals surface area contributed by atoms with E-state index in [1.165, 1.54) is 0 Å². The molecule has 22 heavy (non-hydrogen) atoms. The zero-order valence-corrected chi connectivity index (χ0v) is 12.5. The molecule has 1 aromatic heterocycles. The molecular weight excluding hydrogens is 278 g/mol. The maximum atomic E-state index is 5.92. The molecule has 2 aromatic carbocycles. The van der Waals surface area contributed by atoms with E-state index in [9.17, 15) is 0 Å². The smallest absolute Gasteiger partial charge is 0.258 e. The molecule has 2 N–H and O–H groups in total. The van der Waals surface area contributed by atoms with Gasteiger partial charge in [-0.3, -0.25) is 0 Å². The standard InChI is InChI=1S/C17H17N3O2/c1-3-21-13-9-7-12(8-10-13)17-19-16(20-22-17)14-5-4-6-15(18)11(14)2/h4-10H,3,18H2,1-2H3. The Bertz CT molecular complexity index is 779. The summed E-state index contributed by atoms with van der Waals surface area (Å²) in [4.78, 5) is 4.45. The fourth-order valence-corrected chi connectivity index (χ4v) is 2.21. The number of nitrogen functional groups attached to an aromatic ring is 1. The predicted molar refractivity (Wildman–Crippen MR) is 85.5 cm³/mol. The second kappa shape index (κ2) is 5.89. The monoisotopic (exact) mass is 295 g/mol. The first-order valence-electron chi connectivity index (χ1n) is 7.11. The highest BCUT2D eigenvalue weighted by Crippen LogP contribution is 2.27. The molecule has 0 spiro atoms. The van der Waals surface area contributed by atoms with E-state index in [1.54, 1.807) is 0 Å². The Hall–Kier alpha value is -2.82. The number of rotatable bonds is 4. The van der Waals surface area contributed by atoms with Gasteiger partial charge in [-0.15, -0.1) is 0 Å². The first kappa shape index (κ1) is 14.1. The van der Waals surface area contributed by atoms with E-state index in [0.717, 1.165) is 22.4 Å². The van der Waals surface area contributed by atoms with Gasteiger partial charge in [0.05, 0.1) is 6.61 Å². The Morgan fingerprint density at radius 3 is 2.64 bits per heavy atom. The van der Waals surface area contributed by atoms with Crippen molar-refractivity contribution < 1.29 is 9.26 Å². The highest BCUT2D eigenvalue weighted by atomic mass is 16.5. The van der Waals surface area contributed by atoms with Crippen molar-refractivity contribution >= 4 is 5.69 Å². The molecule has 0 unspecified atom stereocenters. The minimum Gasteiger partial charge on any atom is -0.494 e. The second-order valence-electron chi connectivity index (χ2n) is 4.90. The van der Waals surface area contributed by atoms with Crippen molar-refractivity contribution in [2.45, 2.75) is 13.8 Å². The fourth-order valence-electron chi connectivity index (χ4n) is 2.21. The molecule has 0 radical (unpaired) electrons. The summed E-state index contributed by atoms with van der Waals surface area (Å²) in [6, 6.07) is 13.2. The number of nitrogens with zero attached hydrogens (tertiary/aromatic N) is 2. The summed E-state index contributed by atoms with van der Waals surface area (Å²) >= 11 is 0. The molecule has 5 heteroatoms. The van der Waals surface area contributed by atoms with Crippen LogP contribution in [0.1, 0.15) is 12.5 Å². The van der Waals surface area contributed by atoms with E-state index < -0.39 is 0 Å². The van der Waals surface area contributed by atoms with Gasteiger partial charge in [0.1, 0.15) is 5.75 Å². The van der Waals surface area contributed by atoms with Crippen LogP contribution < -0.4 is 10.5 Å². The molecule has 5 nitrogen and oxygen atoms in total. The Balaban J connectivity index is 1.92. The molecule has 3 rings (SSSR count). The van der Waals surface area contributed by atoms with Gasteiger partial charge in [-0.25, -0.2) is 0 Å². The summed E-state index contributed by atoms with van der Waals surface area (Å²) in [5.74, 6) is 1.83. The van der Waals surface area contributed by atoms with E-state index in [-0.39, 0.29) is 0 Å². The van der Waals surface area contributed by atoms with Gasteiger partial charge in [0.25, 0.3) is 5.89 Å². The first-order valence-corrected chi connectivity index (χ1v) is 7.11. The van der Waals surface area contributed by atoms with Gasteiger partial charge >= 0.3 is 0 Å². The molecule has 0 saturated heterocycles. The first-order chi connectivity index (χ1) is 10.7. The van der Waals surface area contributed by atoms with Crippen molar-refractivity contribution in [2.24, 2.45) is 0 Å². The molecule has 112 valence electrons. The number of ether oxygens (including phenoxy) is 1. The van der Waals surface area contributed by atoms with Crippen LogP contribution in [0.5, 0.6) is 5.75 Å². The van der Waals surface area contributed by atoms with Gasteiger partial charge in [-0.2, -0.15) is 4.98 Å². The molecule has 0 aliphatic carbocycles. The lowest BCUT2D eigenvalue weighted by molar-refractivity contribution is 0.340. The molecule has 0 amide bonds. The SMILES string of the molecule is CCOc1ccc(-c2nc(-c3cccc(N)c3C)no2)cc1. The maximum Gasteiger partial charge on any atom is 0.258 e. The lowest BCUT2D eigenvalue weighted by Gasteiger charge is -2.03. The normalized spacial score (nSPS) is 10.6. The summed E-state index contributed by atoms with van der Waals surface area (Å²) in [5.41, 5.74) is 9.31. The number of hydrogen-bond donors (Lipinski definition) is 1. The van der Waals surface area contributed by atoms with Crippen molar-refractivity contribution in [3.05, 3.63) is 48.0 Å². The number of hydrogen-bond acceptors (Lipinski definition) is 5. The van der Waals surface area contributed by atoms with Gasteiger partial charge in [0.15, 0.2) is 0 Å². The van der Waals surface area contributed by atoms with Crippen LogP contribution in [0.15, 0.2) is 47.0 Å². The average Bonchev–Trinajstić information content (AvgIpc) is 3.01. The number of aromatic nitrogens is 2. The number of anilines is 1. The Labute approximate surface area is 128 Å². The van der Waals surface area contributed by atoms with Crippen LogP contribution in [0.4, 0.5) is 5.69 Å². The minimum absolute atomic E-state index is 0.472. The van der Waals surface area contributed by atoms with Gasteiger partial charge in [-0.1, -0.05) is 17.3 Å². The van der Waals surface area contributed by atoms with Gasteiger partial charge < -0.3 is 15.0 Å². The Morgan fingerprint density at radius 2 is 1.91 bits per heavy atom. The van der Waals surface area contributed by atoms with Crippen LogP contribution in [0.3, 0.4) is 0 Å². The Morgan fingerprint density at radius 1 is 1.14 bits per heavy atom. The summed E-state index contributed by atoms with van der Waals surface area (Å²) in [6.45, 7) is 4.53. The van der Waals surface area contributed by atoms with E-state index >= 15 is 0 Å². The molecule has 0 aliphatic heterocycles. The van der Waals surface area contributed by atoms with Crippen LogP contribution >= 0.6 is 0 Å². The highest BCUT2D eigenvalue weighted by Gasteiger charge is 2.13. The highest BCUT2D eigenvalue weighted by molar-refractivity contribution is 5.68. The lowest BCUT2D eigenvalue weighted by Crippen LogP contribution is -1.93. The van der Waals surface area contributed by atoms with E-state index in [0.29, 0.717) is 24.0 Å². The molecule has 0 aliphatic rings. The van der Waals surface area contributed by atoms with E-state index in [1.807, 2.05) is 56.3 Å². The summed E-state index contributed by atoms with van der Waals surface area (Å²) in [6.07, 6.45) is 0. The third-order valence-corrected chi connectivity index (χ3v) is 3.45. The van der Waals surface area contributed by atoms with E-state index in [2.05, 4.69) is 10.1 Å². The number of nitrogens with two attached hydrogens (primary N) is 1. The molecule has 0 saturated carbocycles. The van der Waals surface area contributed by atoms with Crippen LogP contribution in [0.25, 0.3) is 22.8 Å². The van der Waals surface area contributed by atoms with Crippen molar-refractivity contribution in [3.63, 3.8) is 0 Å². The summed E-state index contributed by atoms with van der Waals surface area (Å²) < 4.78 is 10.8. The molecule has 3 aromatic rings. The van der Waals surface area contributed by atoms with Crippen molar-refractivity contribution in [1.29, 1.82) is 0 Å². The molecule has 1 heterocycles. The largest absolute Gasteiger partial charge is 0.494 e. The molecule has 0 bridgehead atoms. The maximum absolute atomic E-state index is 5.92. The van der Waals surface area contributed by atoms with Gasteiger partial charge in [-0.05, 0) is 49.7 Å². The zero-order valence-electron chi connectivity index (χ0n) is 12.5. The summed E-state index contributed by atoms with van der Waals surface area (Å²) in [5, 5.41) is 4.05. The average molecular weight is 295 g/mol.